The number of rotatable bonds is 0. The van der Waals surface area contributed by atoms with Crippen LogP contribution in [0.2, 0.25) is 0 Å². The van der Waals surface area contributed by atoms with Gasteiger partial charge in [-0.1, -0.05) is 0 Å². The van der Waals surface area contributed by atoms with Gasteiger partial charge in [0.15, 0.2) is 0 Å². The molecule has 1 heterocycles. The maximum absolute atomic E-state index is 5.75. The van der Waals surface area contributed by atoms with E-state index in [0.29, 0.717) is 0 Å². The molecule has 0 unspecified atom stereocenters. The third kappa shape index (κ3) is 0.994. The molecule has 2 rings (SSSR count). The molecule has 2 heteroatoms. The Labute approximate surface area is 69.5 Å². The van der Waals surface area contributed by atoms with Gasteiger partial charge in [-0.05, 0) is 41.5 Å². The van der Waals surface area contributed by atoms with Gasteiger partial charge in [0.05, 0.1) is 0 Å². The normalized spacial score (nSPS) is 10.6. The van der Waals surface area contributed by atoms with E-state index in [1.165, 1.54) is 15.6 Å². The molecule has 2 N–H and O–H groups in total. The van der Waals surface area contributed by atoms with Crippen molar-refractivity contribution in [2.45, 2.75) is 6.92 Å². The van der Waals surface area contributed by atoms with Gasteiger partial charge in [0.2, 0.25) is 0 Å². The molecule has 2 aromatic rings. The van der Waals surface area contributed by atoms with Gasteiger partial charge in [-0.15, -0.1) is 11.3 Å². The Bertz CT molecular complexity index is 353. The first-order valence-electron chi connectivity index (χ1n) is 3.51. The number of nitrogen functional groups attached to an aromatic ring is 1. The van der Waals surface area contributed by atoms with Gasteiger partial charge < -0.3 is 5.73 Å². The van der Waals surface area contributed by atoms with Crippen LogP contribution in [0.5, 0.6) is 0 Å². The summed E-state index contributed by atoms with van der Waals surface area (Å²) in [7, 11) is 0. The Morgan fingerprint density at radius 3 is 3.00 bits per heavy atom. The molecule has 0 spiro atoms. The number of benzene rings is 1. The van der Waals surface area contributed by atoms with Crippen LogP contribution in [0.15, 0.2) is 23.6 Å². The van der Waals surface area contributed by atoms with Gasteiger partial charge in [-0.3, -0.25) is 0 Å². The van der Waals surface area contributed by atoms with E-state index in [-0.39, 0.29) is 0 Å². The minimum Gasteiger partial charge on any atom is -0.398 e. The van der Waals surface area contributed by atoms with Gasteiger partial charge in [-0.25, -0.2) is 0 Å². The van der Waals surface area contributed by atoms with Crippen molar-refractivity contribution in [3.05, 3.63) is 29.1 Å². The van der Waals surface area contributed by atoms with E-state index in [1.54, 1.807) is 11.3 Å². The van der Waals surface area contributed by atoms with Crippen molar-refractivity contribution in [3.8, 4) is 0 Å². The highest BCUT2D eigenvalue weighted by atomic mass is 32.1. The predicted octanol–water partition coefficient (Wildman–Crippen LogP) is 2.79. The first kappa shape index (κ1) is 6.68. The van der Waals surface area contributed by atoms with Crippen molar-refractivity contribution >= 4 is 27.1 Å². The molecule has 0 aliphatic carbocycles. The lowest BCUT2D eigenvalue weighted by atomic mass is 10.1. The van der Waals surface area contributed by atoms with Gasteiger partial charge in [0.1, 0.15) is 0 Å². The fourth-order valence-corrected chi connectivity index (χ4v) is 2.00. The molecule has 0 saturated carbocycles. The molecule has 0 bridgehead atoms. The standard InChI is InChI=1S/C9H9NS/c1-6-4-9-7(2-3-11-9)5-8(6)10/h2-5H,10H2,1H3. The highest BCUT2D eigenvalue weighted by molar-refractivity contribution is 7.17. The van der Waals surface area contributed by atoms with Crippen LogP contribution in [0, 0.1) is 6.92 Å². The Hall–Kier alpha value is -1.02. The van der Waals surface area contributed by atoms with E-state index in [4.69, 9.17) is 5.73 Å². The summed E-state index contributed by atoms with van der Waals surface area (Å²) < 4.78 is 1.32. The molecule has 0 saturated heterocycles. The molecule has 1 nitrogen and oxygen atoms in total. The summed E-state index contributed by atoms with van der Waals surface area (Å²) >= 11 is 1.75. The molecule has 0 amide bonds. The molecule has 11 heavy (non-hydrogen) atoms. The SMILES string of the molecule is Cc1cc2sccc2cc1N. The Balaban J connectivity index is 2.86. The van der Waals surface area contributed by atoms with Gasteiger partial charge in [0, 0.05) is 10.4 Å². The van der Waals surface area contributed by atoms with E-state index in [9.17, 15) is 0 Å². The highest BCUT2D eigenvalue weighted by Gasteiger charge is 1.97. The van der Waals surface area contributed by atoms with Crippen LogP contribution in [-0.2, 0) is 0 Å². The zero-order valence-corrected chi connectivity index (χ0v) is 7.11. The van der Waals surface area contributed by atoms with Crippen LogP contribution in [0.4, 0.5) is 5.69 Å². The maximum Gasteiger partial charge on any atom is 0.0350 e. The predicted molar refractivity (Wildman–Crippen MR) is 51.0 cm³/mol. The van der Waals surface area contributed by atoms with Crippen molar-refractivity contribution in [2.24, 2.45) is 0 Å². The van der Waals surface area contributed by atoms with Crippen LogP contribution >= 0.6 is 11.3 Å². The monoisotopic (exact) mass is 163 g/mol. The van der Waals surface area contributed by atoms with E-state index in [0.717, 1.165) is 5.69 Å². The number of fused-ring (bicyclic) bond motifs is 1. The molecule has 0 aliphatic rings. The first-order chi connectivity index (χ1) is 5.27. The van der Waals surface area contributed by atoms with E-state index >= 15 is 0 Å². The topological polar surface area (TPSA) is 26.0 Å². The molecule has 56 valence electrons. The number of nitrogens with two attached hydrogens (primary N) is 1. The molecule has 0 radical (unpaired) electrons. The average molecular weight is 163 g/mol. The molecule has 1 aromatic heterocycles. The summed E-state index contributed by atoms with van der Waals surface area (Å²) in [5, 5.41) is 3.34. The van der Waals surface area contributed by atoms with Gasteiger partial charge in [0.25, 0.3) is 0 Å². The summed E-state index contributed by atoms with van der Waals surface area (Å²) in [6.07, 6.45) is 0. The summed E-state index contributed by atoms with van der Waals surface area (Å²) in [6, 6.07) is 6.26. The number of hydrogen-bond acceptors (Lipinski definition) is 2. The largest absolute Gasteiger partial charge is 0.398 e. The van der Waals surface area contributed by atoms with Crippen molar-refractivity contribution < 1.29 is 0 Å². The first-order valence-corrected chi connectivity index (χ1v) is 4.38. The lowest BCUT2D eigenvalue weighted by Gasteiger charge is -1.98. The quantitative estimate of drug-likeness (QED) is 0.594. The van der Waals surface area contributed by atoms with Crippen LogP contribution in [0.3, 0.4) is 0 Å². The number of hydrogen-bond donors (Lipinski definition) is 1. The Morgan fingerprint density at radius 1 is 1.36 bits per heavy atom. The van der Waals surface area contributed by atoms with Gasteiger partial charge >= 0.3 is 0 Å². The van der Waals surface area contributed by atoms with Crippen LogP contribution in [0.25, 0.3) is 10.1 Å². The highest BCUT2D eigenvalue weighted by Crippen LogP contribution is 2.25. The van der Waals surface area contributed by atoms with E-state index < -0.39 is 0 Å². The molecular weight excluding hydrogens is 154 g/mol. The summed E-state index contributed by atoms with van der Waals surface area (Å²) in [5.74, 6) is 0. The molecule has 0 fully saturated rings. The number of anilines is 1. The van der Waals surface area contributed by atoms with Crippen LogP contribution in [-0.4, -0.2) is 0 Å². The molecule has 0 atom stereocenters. The van der Waals surface area contributed by atoms with Crippen LogP contribution in [0.1, 0.15) is 5.56 Å². The maximum atomic E-state index is 5.75. The minimum atomic E-state index is 0.885. The van der Waals surface area contributed by atoms with Gasteiger partial charge in [-0.2, -0.15) is 0 Å². The zero-order valence-electron chi connectivity index (χ0n) is 6.29. The lowest BCUT2D eigenvalue weighted by Crippen LogP contribution is -1.87. The zero-order chi connectivity index (χ0) is 7.84. The summed E-state index contributed by atoms with van der Waals surface area (Å²) in [5.41, 5.74) is 7.80. The summed E-state index contributed by atoms with van der Waals surface area (Å²) in [6.45, 7) is 2.04. The van der Waals surface area contributed by atoms with E-state index in [1.807, 2.05) is 13.0 Å². The minimum absolute atomic E-state index is 0.885. The van der Waals surface area contributed by atoms with Crippen molar-refractivity contribution in [3.63, 3.8) is 0 Å². The Kier molecular flexibility index (Phi) is 1.36. The number of thiophene rings is 1. The van der Waals surface area contributed by atoms with Crippen molar-refractivity contribution in [1.29, 1.82) is 0 Å². The van der Waals surface area contributed by atoms with E-state index in [2.05, 4.69) is 17.5 Å². The third-order valence-electron chi connectivity index (χ3n) is 1.84. The second-order valence-corrected chi connectivity index (χ2v) is 3.61. The fraction of sp³-hybridized carbons (Fsp3) is 0.111. The third-order valence-corrected chi connectivity index (χ3v) is 2.72. The Morgan fingerprint density at radius 2 is 2.18 bits per heavy atom. The van der Waals surface area contributed by atoms with Crippen molar-refractivity contribution in [1.82, 2.24) is 0 Å². The smallest absolute Gasteiger partial charge is 0.0350 e. The molecule has 1 aromatic carbocycles. The average Bonchev–Trinajstić information content (AvgIpc) is 2.36. The second kappa shape index (κ2) is 2.24. The second-order valence-electron chi connectivity index (χ2n) is 2.67. The molecular formula is C9H9NS. The molecule has 0 aliphatic heterocycles. The number of aryl methyl sites for hydroxylation is 1. The summed E-state index contributed by atoms with van der Waals surface area (Å²) in [4.78, 5) is 0. The fourth-order valence-electron chi connectivity index (χ4n) is 1.13. The van der Waals surface area contributed by atoms with Crippen LogP contribution < -0.4 is 5.73 Å². The van der Waals surface area contributed by atoms with Crippen molar-refractivity contribution in [2.75, 3.05) is 5.73 Å². The lowest BCUT2D eigenvalue weighted by molar-refractivity contribution is 1.51.